The van der Waals surface area contributed by atoms with E-state index >= 15 is 0 Å². The Labute approximate surface area is 254 Å². The second-order valence-electron chi connectivity index (χ2n) is 10.1. The van der Waals surface area contributed by atoms with E-state index in [-0.39, 0.29) is 6.10 Å². The monoisotopic (exact) mass is 638 g/mol. The summed E-state index contributed by atoms with van der Waals surface area (Å²) in [7, 11) is 0. The lowest BCUT2D eigenvalue weighted by Crippen LogP contribution is -2.49. The van der Waals surface area contributed by atoms with Gasteiger partial charge in [-0.15, -0.1) is 0 Å². The molecule has 4 heterocycles. The van der Waals surface area contributed by atoms with Gasteiger partial charge in [0.25, 0.3) is 0 Å². The van der Waals surface area contributed by atoms with Gasteiger partial charge in [-0.1, -0.05) is 23.2 Å². The van der Waals surface area contributed by atoms with Crippen LogP contribution in [0.2, 0.25) is 10.0 Å². The molecule has 0 aliphatic carbocycles. The quantitative estimate of drug-likeness (QED) is 0.219. The number of aromatic nitrogens is 3. The van der Waals surface area contributed by atoms with Crippen LogP contribution in [0.3, 0.4) is 0 Å². The number of nitrogens with one attached hydrogen (secondary N) is 2. The van der Waals surface area contributed by atoms with Gasteiger partial charge in [0.15, 0.2) is 0 Å². The molecule has 4 aromatic rings. The molecule has 9 nitrogen and oxygen atoms in total. The number of aliphatic carboxylic acids is 1. The summed E-state index contributed by atoms with van der Waals surface area (Å²) in [6.07, 6.45) is -2.16. The Bertz CT molecular complexity index is 1660. The predicted octanol–water partition coefficient (Wildman–Crippen LogP) is 7.00. The lowest BCUT2D eigenvalue weighted by Gasteiger charge is -2.41. The van der Waals surface area contributed by atoms with Gasteiger partial charge in [0.05, 0.1) is 27.9 Å². The van der Waals surface area contributed by atoms with E-state index in [1.165, 1.54) is 0 Å². The van der Waals surface area contributed by atoms with Crippen LogP contribution in [0, 0.1) is 6.92 Å². The van der Waals surface area contributed by atoms with Gasteiger partial charge in [-0.05, 0) is 50.2 Å². The number of rotatable bonds is 4. The van der Waals surface area contributed by atoms with Gasteiger partial charge in [-0.2, -0.15) is 18.3 Å². The highest BCUT2D eigenvalue weighted by molar-refractivity contribution is 6.36. The highest BCUT2D eigenvalue weighted by atomic mass is 35.5. The number of carboxylic acids is 1. The van der Waals surface area contributed by atoms with Gasteiger partial charge >= 0.3 is 12.1 Å². The minimum Gasteiger partial charge on any atom is -0.486 e. The number of pyridine rings is 1. The van der Waals surface area contributed by atoms with E-state index in [0.717, 1.165) is 65.0 Å². The molecular formula is C29H27Cl2F3N4O5. The minimum absolute atomic E-state index is 0.361. The maximum Gasteiger partial charge on any atom is 0.490 e. The Morgan fingerprint density at radius 3 is 2.58 bits per heavy atom. The number of alkyl halides is 3. The van der Waals surface area contributed by atoms with E-state index in [1.54, 1.807) is 6.20 Å². The summed E-state index contributed by atoms with van der Waals surface area (Å²) in [4.78, 5) is 13.1. The third-order valence-corrected chi connectivity index (χ3v) is 7.94. The van der Waals surface area contributed by atoms with Crippen molar-refractivity contribution in [3.05, 3.63) is 69.5 Å². The number of H-pyrrole nitrogens is 1. The molecule has 0 saturated carbocycles. The first-order valence-corrected chi connectivity index (χ1v) is 14.0. The SMILES string of the molecule is Cc1ncc(Cl)c([C@@H](C)Oc2ccc3[nH]nc(-c4ccc5c(c4)COC4(CCNCC4)O5)c3c2)c1Cl.O=C(O)C(F)(F)F. The van der Waals surface area contributed by atoms with Crippen molar-refractivity contribution in [2.45, 2.75) is 51.4 Å². The summed E-state index contributed by atoms with van der Waals surface area (Å²) in [5, 5.41) is 20.2. The summed E-state index contributed by atoms with van der Waals surface area (Å²) in [6, 6.07) is 12.0. The van der Waals surface area contributed by atoms with Crippen LogP contribution in [-0.2, 0) is 16.1 Å². The molecule has 1 spiro atoms. The maximum atomic E-state index is 10.6. The molecule has 0 unspecified atom stereocenters. The molecule has 0 bridgehead atoms. The van der Waals surface area contributed by atoms with Crippen LogP contribution in [0.25, 0.3) is 22.2 Å². The highest BCUT2D eigenvalue weighted by Crippen LogP contribution is 2.40. The average molecular weight is 639 g/mol. The first-order chi connectivity index (χ1) is 20.4. The average Bonchev–Trinajstić information content (AvgIpc) is 3.38. The van der Waals surface area contributed by atoms with Crippen molar-refractivity contribution in [1.82, 2.24) is 20.5 Å². The lowest BCUT2D eigenvalue weighted by atomic mass is 10.0. The van der Waals surface area contributed by atoms with Crippen LogP contribution in [0.1, 0.15) is 42.7 Å². The van der Waals surface area contributed by atoms with Crippen molar-refractivity contribution in [2.75, 3.05) is 13.1 Å². The number of carbonyl (C=O) groups is 1. The van der Waals surface area contributed by atoms with Crippen LogP contribution < -0.4 is 14.8 Å². The van der Waals surface area contributed by atoms with Gasteiger partial charge in [-0.3, -0.25) is 10.1 Å². The Kier molecular flexibility index (Phi) is 8.75. The van der Waals surface area contributed by atoms with Gasteiger partial charge in [-0.25, -0.2) is 4.79 Å². The van der Waals surface area contributed by atoms with E-state index in [2.05, 4.69) is 26.6 Å². The number of benzene rings is 2. The van der Waals surface area contributed by atoms with Crippen LogP contribution >= 0.6 is 23.2 Å². The van der Waals surface area contributed by atoms with Crippen LogP contribution in [-0.4, -0.2) is 51.3 Å². The van der Waals surface area contributed by atoms with Crippen molar-refractivity contribution in [3.8, 4) is 22.8 Å². The van der Waals surface area contributed by atoms with Crippen molar-refractivity contribution in [3.63, 3.8) is 0 Å². The Balaban J connectivity index is 0.000000472. The molecule has 14 heteroatoms. The molecule has 228 valence electrons. The van der Waals surface area contributed by atoms with Gasteiger partial charge < -0.3 is 24.6 Å². The summed E-state index contributed by atoms with van der Waals surface area (Å²) in [6.45, 7) is 6.08. The number of ether oxygens (including phenoxy) is 3. The third kappa shape index (κ3) is 6.67. The number of fused-ring (bicyclic) bond motifs is 2. The molecule has 0 radical (unpaired) electrons. The Hall–Kier alpha value is -3.58. The van der Waals surface area contributed by atoms with Crippen molar-refractivity contribution < 1.29 is 37.3 Å². The van der Waals surface area contributed by atoms with Gasteiger partial charge in [0, 0.05) is 54.2 Å². The number of nitrogens with zero attached hydrogens (tertiary/aromatic N) is 2. The summed E-state index contributed by atoms with van der Waals surface area (Å²) >= 11 is 12.9. The smallest absolute Gasteiger partial charge is 0.486 e. The zero-order valence-electron chi connectivity index (χ0n) is 23.0. The molecule has 2 aromatic carbocycles. The Morgan fingerprint density at radius 2 is 1.88 bits per heavy atom. The molecule has 0 amide bonds. The first kappa shape index (κ1) is 30.9. The zero-order chi connectivity index (χ0) is 30.9. The third-order valence-electron chi connectivity index (χ3n) is 7.17. The van der Waals surface area contributed by atoms with Crippen LogP contribution in [0.5, 0.6) is 11.5 Å². The second kappa shape index (κ2) is 12.2. The molecule has 1 saturated heterocycles. The number of hydrogen-bond donors (Lipinski definition) is 3. The zero-order valence-corrected chi connectivity index (χ0v) is 24.5. The molecule has 6 rings (SSSR count). The highest BCUT2D eigenvalue weighted by Gasteiger charge is 2.39. The number of piperidine rings is 1. The summed E-state index contributed by atoms with van der Waals surface area (Å²) in [5.41, 5.74) is 5.19. The molecule has 3 N–H and O–H groups in total. The van der Waals surface area contributed by atoms with Gasteiger partial charge in [0.2, 0.25) is 5.79 Å². The fourth-order valence-corrected chi connectivity index (χ4v) is 5.58. The molecule has 1 fully saturated rings. The first-order valence-electron chi connectivity index (χ1n) is 13.3. The number of aryl methyl sites for hydroxylation is 1. The normalized spacial score (nSPS) is 16.5. The molecular weight excluding hydrogens is 612 g/mol. The van der Waals surface area contributed by atoms with E-state index in [1.807, 2.05) is 44.2 Å². The van der Waals surface area contributed by atoms with E-state index in [4.69, 9.17) is 47.3 Å². The van der Waals surface area contributed by atoms with Crippen molar-refractivity contribution in [2.24, 2.45) is 0 Å². The van der Waals surface area contributed by atoms with E-state index in [9.17, 15) is 13.2 Å². The molecule has 2 aromatic heterocycles. The largest absolute Gasteiger partial charge is 0.490 e. The topological polar surface area (TPSA) is 119 Å². The Morgan fingerprint density at radius 1 is 1.16 bits per heavy atom. The van der Waals surface area contributed by atoms with E-state index < -0.39 is 17.9 Å². The molecule has 2 aliphatic heterocycles. The molecule has 1 atom stereocenters. The number of carboxylic acid groups (broad SMARTS) is 1. The number of hydrogen-bond acceptors (Lipinski definition) is 7. The second-order valence-corrected chi connectivity index (χ2v) is 10.9. The fraction of sp³-hybridized carbons (Fsp3) is 0.345. The molecule has 43 heavy (non-hydrogen) atoms. The molecule has 2 aliphatic rings. The van der Waals surface area contributed by atoms with Crippen molar-refractivity contribution >= 4 is 40.1 Å². The predicted molar refractivity (Wildman–Crippen MR) is 154 cm³/mol. The van der Waals surface area contributed by atoms with E-state index in [0.29, 0.717) is 28.1 Å². The van der Waals surface area contributed by atoms with Gasteiger partial charge in [0.1, 0.15) is 23.3 Å². The van der Waals surface area contributed by atoms with Crippen LogP contribution in [0.15, 0.2) is 42.6 Å². The number of aromatic amines is 1. The number of halogens is 5. The maximum absolute atomic E-state index is 10.6. The fourth-order valence-electron chi connectivity index (χ4n) is 4.93. The van der Waals surface area contributed by atoms with Crippen LogP contribution in [0.4, 0.5) is 13.2 Å². The van der Waals surface area contributed by atoms with Crippen molar-refractivity contribution in [1.29, 1.82) is 0 Å². The lowest BCUT2D eigenvalue weighted by molar-refractivity contribution is -0.218. The minimum atomic E-state index is -5.08. The summed E-state index contributed by atoms with van der Waals surface area (Å²) in [5.74, 6) is -1.70. The standard InChI is InChI=1S/C27H26Cl2N4O3.C2HF3O2/c1-15-25(29)24(21(28)13-31-15)16(2)35-19-4-5-22-20(12-19)26(33-32-22)17-3-6-23-18(11-17)14-34-27(36-23)7-9-30-10-8-27;3-2(4,5)1(6)7/h3-6,11-13,16,30H,7-10,14H2,1-2H3,(H,32,33);(H,6,7)/t16-;/m1./s1. The summed E-state index contributed by atoms with van der Waals surface area (Å²) < 4.78 is 50.5.